The highest BCUT2D eigenvalue weighted by Crippen LogP contribution is 2.16. The van der Waals surface area contributed by atoms with E-state index in [-0.39, 0.29) is 0 Å². The summed E-state index contributed by atoms with van der Waals surface area (Å²) < 4.78 is 0.689. The van der Waals surface area contributed by atoms with Gasteiger partial charge >= 0.3 is 0 Å². The lowest BCUT2D eigenvalue weighted by Crippen LogP contribution is -1.72. The molecule has 0 saturated heterocycles. The van der Waals surface area contributed by atoms with Crippen LogP contribution in [0, 0.1) is 0 Å². The van der Waals surface area contributed by atoms with Crippen LogP contribution in [0.4, 0.5) is 0 Å². The Morgan fingerprint density at radius 3 is 2.30 bits per heavy atom. The van der Waals surface area contributed by atoms with E-state index in [1.54, 1.807) is 6.08 Å². The van der Waals surface area contributed by atoms with Crippen LogP contribution in [0.5, 0.6) is 0 Å². The summed E-state index contributed by atoms with van der Waals surface area (Å²) in [5.74, 6) is 0. The molecule has 0 saturated carbocycles. The molecule has 0 heterocycles. The van der Waals surface area contributed by atoms with Crippen LogP contribution in [-0.4, -0.2) is 6.72 Å². The Morgan fingerprint density at radius 2 is 2.00 bits per heavy atom. The first-order valence-electron chi connectivity index (χ1n) is 2.45. The molecule has 0 N–H and O–H groups in total. The summed E-state index contributed by atoms with van der Waals surface area (Å²) in [6.45, 7) is 10.5. The van der Waals surface area contributed by atoms with Crippen molar-refractivity contribution >= 4 is 34.2 Å². The van der Waals surface area contributed by atoms with Crippen molar-refractivity contribution in [2.45, 2.75) is 0 Å². The molecule has 0 fully saturated rings. The normalized spacial score (nSPS) is 10.8. The summed E-state index contributed by atoms with van der Waals surface area (Å²) in [6, 6.07) is 0. The Bertz CT molecular complexity index is 206. The molecule has 0 aromatic carbocycles. The molecule has 0 rings (SSSR count). The maximum absolute atomic E-state index is 5.51. The predicted molar refractivity (Wildman–Crippen MR) is 50.7 cm³/mol. The zero-order valence-electron chi connectivity index (χ0n) is 5.40. The standard InChI is InChI=1S/C7H7BrClN/c1-5(6(2)8)4-7(9)10-3/h4H,1-3H2/b7-4-. The van der Waals surface area contributed by atoms with E-state index in [1.165, 1.54) is 0 Å². The number of halogens is 2. The van der Waals surface area contributed by atoms with Gasteiger partial charge in [0.25, 0.3) is 0 Å². The summed E-state index contributed by atoms with van der Waals surface area (Å²) in [5, 5.41) is 0.311. The van der Waals surface area contributed by atoms with Crippen LogP contribution in [0.2, 0.25) is 0 Å². The van der Waals surface area contributed by atoms with Gasteiger partial charge in [0.1, 0.15) is 5.16 Å². The van der Waals surface area contributed by atoms with Crippen molar-refractivity contribution in [1.82, 2.24) is 0 Å². The monoisotopic (exact) mass is 219 g/mol. The fraction of sp³-hybridized carbons (Fsp3) is 0. The van der Waals surface area contributed by atoms with Gasteiger partial charge in [-0.1, -0.05) is 40.7 Å². The Kier molecular flexibility index (Phi) is 4.32. The van der Waals surface area contributed by atoms with E-state index in [4.69, 9.17) is 11.6 Å². The van der Waals surface area contributed by atoms with Crippen LogP contribution in [0.25, 0.3) is 0 Å². The van der Waals surface area contributed by atoms with Gasteiger partial charge in [-0.25, -0.2) is 0 Å². The second kappa shape index (κ2) is 4.47. The zero-order chi connectivity index (χ0) is 8.15. The second-order valence-electron chi connectivity index (χ2n) is 1.56. The molecule has 0 atom stereocenters. The lowest BCUT2D eigenvalue weighted by molar-refractivity contribution is 1.52. The molecular weight excluding hydrogens is 213 g/mol. The van der Waals surface area contributed by atoms with Gasteiger partial charge in [0, 0.05) is 4.48 Å². The van der Waals surface area contributed by atoms with Crippen LogP contribution in [-0.2, 0) is 0 Å². The molecule has 10 heavy (non-hydrogen) atoms. The van der Waals surface area contributed by atoms with Crippen molar-refractivity contribution in [1.29, 1.82) is 0 Å². The van der Waals surface area contributed by atoms with Gasteiger partial charge in [0.2, 0.25) is 0 Å². The molecule has 0 bridgehead atoms. The highest BCUT2D eigenvalue weighted by Gasteiger charge is 1.92. The van der Waals surface area contributed by atoms with Crippen LogP contribution in [0.15, 0.2) is 39.4 Å². The van der Waals surface area contributed by atoms with Crippen LogP contribution >= 0.6 is 27.5 Å². The number of aliphatic imine (C=N–C) groups is 1. The molecule has 3 heteroatoms. The average Bonchev–Trinajstić information content (AvgIpc) is 1.87. The summed E-state index contributed by atoms with van der Waals surface area (Å²) in [4.78, 5) is 3.46. The van der Waals surface area contributed by atoms with Gasteiger partial charge in [-0.2, -0.15) is 0 Å². The predicted octanol–water partition coefficient (Wildman–Crippen LogP) is 3.23. The van der Waals surface area contributed by atoms with E-state index in [0.717, 1.165) is 0 Å². The molecule has 0 aliphatic carbocycles. The van der Waals surface area contributed by atoms with Gasteiger partial charge in [-0.3, -0.25) is 4.99 Å². The number of hydrogen-bond donors (Lipinski definition) is 0. The maximum Gasteiger partial charge on any atom is 0.128 e. The van der Waals surface area contributed by atoms with Gasteiger partial charge < -0.3 is 0 Å². The van der Waals surface area contributed by atoms with E-state index < -0.39 is 0 Å². The van der Waals surface area contributed by atoms with Gasteiger partial charge in [-0.15, -0.1) is 0 Å². The smallest absolute Gasteiger partial charge is 0.128 e. The van der Waals surface area contributed by atoms with Crippen molar-refractivity contribution in [3.8, 4) is 0 Å². The Labute approximate surface area is 73.9 Å². The topological polar surface area (TPSA) is 12.4 Å². The number of nitrogens with zero attached hydrogens (tertiary/aromatic N) is 1. The Morgan fingerprint density at radius 1 is 1.50 bits per heavy atom. The molecular formula is C7H7BrClN. The minimum absolute atomic E-state index is 0.311. The summed E-state index contributed by atoms with van der Waals surface area (Å²) >= 11 is 8.65. The summed E-state index contributed by atoms with van der Waals surface area (Å²) in [5.41, 5.74) is 0.692. The van der Waals surface area contributed by atoms with Crippen molar-refractivity contribution in [3.63, 3.8) is 0 Å². The van der Waals surface area contributed by atoms with E-state index in [9.17, 15) is 0 Å². The van der Waals surface area contributed by atoms with E-state index >= 15 is 0 Å². The van der Waals surface area contributed by atoms with Crippen LogP contribution in [0.1, 0.15) is 0 Å². The molecule has 54 valence electrons. The van der Waals surface area contributed by atoms with Crippen molar-refractivity contribution in [3.05, 3.63) is 34.4 Å². The lowest BCUT2D eigenvalue weighted by atomic mass is 10.3. The van der Waals surface area contributed by atoms with E-state index in [0.29, 0.717) is 15.2 Å². The number of allylic oxidation sites excluding steroid dienone is 3. The van der Waals surface area contributed by atoms with Crippen LogP contribution < -0.4 is 0 Å². The van der Waals surface area contributed by atoms with Crippen molar-refractivity contribution in [2.75, 3.05) is 0 Å². The fourth-order valence-corrected chi connectivity index (χ4v) is 0.514. The van der Waals surface area contributed by atoms with E-state index in [1.807, 2.05) is 0 Å². The molecule has 0 unspecified atom stereocenters. The Balaban J connectivity index is 4.27. The minimum atomic E-state index is 0.311. The SMILES string of the molecule is C=N/C(Cl)=C\C(=C)C(=C)Br. The quantitative estimate of drug-likeness (QED) is 0.393. The third kappa shape index (κ3) is 3.64. The molecule has 0 aliphatic heterocycles. The molecule has 0 spiro atoms. The molecule has 0 amide bonds. The Hall–Kier alpha value is -0.340. The van der Waals surface area contributed by atoms with Gasteiger partial charge in [-0.05, 0) is 18.4 Å². The highest BCUT2D eigenvalue weighted by molar-refractivity contribution is 9.11. The highest BCUT2D eigenvalue weighted by atomic mass is 79.9. The van der Waals surface area contributed by atoms with Crippen molar-refractivity contribution in [2.24, 2.45) is 4.99 Å². The fourth-order valence-electron chi connectivity index (χ4n) is 0.268. The average molecular weight is 220 g/mol. The molecule has 1 nitrogen and oxygen atoms in total. The third-order valence-electron chi connectivity index (χ3n) is 0.793. The number of hydrogen-bond acceptors (Lipinski definition) is 1. The first-order valence-corrected chi connectivity index (χ1v) is 3.62. The molecule has 0 radical (unpaired) electrons. The third-order valence-corrected chi connectivity index (χ3v) is 1.53. The van der Waals surface area contributed by atoms with E-state index in [2.05, 4.69) is 40.8 Å². The van der Waals surface area contributed by atoms with Crippen LogP contribution in [0.3, 0.4) is 0 Å². The summed E-state index contributed by atoms with van der Waals surface area (Å²) in [7, 11) is 0. The van der Waals surface area contributed by atoms with Gasteiger partial charge in [0.05, 0.1) is 0 Å². The second-order valence-corrected chi connectivity index (χ2v) is 2.90. The minimum Gasteiger partial charge on any atom is -0.252 e. The molecule has 0 aromatic rings. The largest absolute Gasteiger partial charge is 0.252 e. The van der Waals surface area contributed by atoms with Crippen molar-refractivity contribution < 1.29 is 0 Å². The molecule has 0 aromatic heterocycles. The van der Waals surface area contributed by atoms with Gasteiger partial charge in [0.15, 0.2) is 0 Å². The summed E-state index contributed by atoms with van der Waals surface area (Å²) in [6.07, 6.45) is 1.58. The lowest BCUT2D eigenvalue weighted by Gasteiger charge is -1.93. The zero-order valence-corrected chi connectivity index (χ0v) is 7.74. The number of rotatable bonds is 3. The first kappa shape index (κ1) is 9.66. The maximum atomic E-state index is 5.51. The molecule has 0 aliphatic rings. The first-order chi connectivity index (χ1) is 4.57.